The van der Waals surface area contributed by atoms with Crippen LogP contribution in [0.3, 0.4) is 0 Å². The van der Waals surface area contributed by atoms with Crippen molar-refractivity contribution < 1.29 is 19.1 Å². The summed E-state index contributed by atoms with van der Waals surface area (Å²) in [6, 6.07) is 18.4. The highest BCUT2D eigenvalue weighted by Gasteiger charge is 2.56. The van der Waals surface area contributed by atoms with Crippen molar-refractivity contribution in [1.29, 1.82) is 0 Å². The van der Waals surface area contributed by atoms with E-state index in [4.69, 9.17) is 39.5 Å². The molecule has 8 nitrogen and oxygen atoms in total. The molecule has 214 valence electrons. The second kappa shape index (κ2) is 11.4. The van der Waals surface area contributed by atoms with Gasteiger partial charge in [-0.25, -0.2) is 4.90 Å². The zero-order valence-electron chi connectivity index (χ0n) is 21.7. The Labute approximate surface area is 263 Å². The number of nitrogens with zero attached hydrogens (tertiary/aromatic N) is 2. The number of rotatable bonds is 6. The van der Waals surface area contributed by atoms with Gasteiger partial charge in [-0.15, -0.1) is 0 Å². The number of carbonyl (C=O) groups excluding carboxylic acids is 3. The van der Waals surface area contributed by atoms with Gasteiger partial charge in [0.1, 0.15) is 17.5 Å². The summed E-state index contributed by atoms with van der Waals surface area (Å²) in [5, 5.41) is 3.50. The number of hydrogen-bond donors (Lipinski definition) is 1. The fourth-order valence-corrected chi connectivity index (χ4v) is 8.39. The SMILES string of the molecule is COc1ccc([C@@H]2c3sc(=O)n(CC(=O)Nc4ccc(Cl)c(Cl)c4)c3S[C@H]3C(=O)N(c4ccc(Cl)cc4)C(=O)[C@@H]23)cc1. The van der Waals surface area contributed by atoms with E-state index < -0.39 is 28.9 Å². The summed E-state index contributed by atoms with van der Waals surface area (Å²) in [7, 11) is 1.55. The number of benzene rings is 3. The van der Waals surface area contributed by atoms with E-state index in [9.17, 15) is 19.2 Å². The van der Waals surface area contributed by atoms with Crippen LogP contribution in [0.1, 0.15) is 16.4 Å². The summed E-state index contributed by atoms with van der Waals surface area (Å²) < 4.78 is 6.66. The molecular weight excluding hydrogens is 641 g/mol. The van der Waals surface area contributed by atoms with Crippen LogP contribution in [0.5, 0.6) is 5.75 Å². The van der Waals surface area contributed by atoms with E-state index in [-0.39, 0.29) is 22.3 Å². The van der Waals surface area contributed by atoms with Crippen molar-refractivity contribution in [3.05, 3.63) is 102 Å². The van der Waals surface area contributed by atoms with Crippen LogP contribution in [0.4, 0.5) is 11.4 Å². The fourth-order valence-electron chi connectivity index (χ4n) is 5.19. The van der Waals surface area contributed by atoms with Crippen LogP contribution in [-0.2, 0) is 20.9 Å². The number of aromatic nitrogens is 1. The number of hydrogen-bond acceptors (Lipinski definition) is 7. The third kappa shape index (κ3) is 5.11. The largest absolute Gasteiger partial charge is 0.497 e. The number of fused-ring (bicyclic) bond motifs is 2. The fraction of sp³-hybridized carbons (Fsp3) is 0.172. The van der Waals surface area contributed by atoms with Crippen molar-refractivity contribution in [3.63, 3.8) is 0 Å². The van der Waals surface area contributed by atoms with Gasteiger partial charge in [-0.1, -0.05) is 70.0 Å². The average Bonchev–Trinajstić information content (AvgIpc) is 3.41. The van der Waals surface area contributed by atoms with E-state index in [0.717, 1.165) is 28.7 Å². The first kappa shape index (κ1) is 28.8. The van der Waals surface area contributed by atoms with Gasteiger partial charge in [0.15, 0.2) is 0 Å². The summed E-state index contributed by atoms with van der Waals surface area (Å²) >= 11 is 20.2. The van der Waals surface area contributed by atoms with Crippen LogP contribution in [0.25, 0.3) is 0 Å². The number of carbonyl (C=O) groups is 3. The van der Waals surface area contributed by atoms with Gasteiger partial charge in [0.25, 0.3) is 0 Å². The Morgan fingerprint density at radius 3 is 2.31 bits per heavy atom. The maximum atomic E-state index is 13.9. The lowest BCUT2D eigenvalue weighted by Crippen LogP contribution is -2.33. The highest BCUT2D eigenvalue weighted by atomic mass is 35.5. The second-order valence-corrected chi connectivity index (χ2v) is 13.0. The molecule has 2 aliphatic heterocycles. The van der Waals surface area contributed by atoms with Crippen LogP contribution in [-0.4, -0.2) is 34.6 Å². The zero-order chi connectivity index (χ0) is 29.7. The minimum Gasteiger partial charge on any atom is -0.497 e. The molecule has 6 rings (SSSR count). The average molecular weight is 661 g/mol. The normalized spacial score (nSPS) is 19.4. The van der Waals surface area contributed by atoms with Crippen LogP contribution in [0.15, 0.2) is 76.6 Å². The molecule has 0 radical (unpaired) electrons. The Morgan fingerprint density at radius 1 is 0.929 bits per heavy atom. The molecule has 1 aromatic heterocycles. The quantitative estimate of drug-likeness (QED) is 0.244. The van der Waals surface area contributed by atoms with Crippen LogP contribution in [0.2, 0.25) is 15.1 Å². The Bertz CT molecular complexity index is 1790. The van der Waals surface area contributed by atoms with Crippen molar-refractivity contribution in [1.82, 2.24) is 4.57 Å². The summed E-state index contributed by atoms with van der Waals surface area (Å²) in [4.78, 5) is 55.5. The number of methoxy groups -OCH3 is 1. The summed E-state index contributed by atoms with van der Waals surface area (Å²) in [5.74, 6) is -1.96. The lowest BCUT2D eigenvalue weighted by atomic mass is 9.83. The Morgan fingerprint density at radius 2 is 1.64 bits per heavy atom. The summed E-state index contributed by atoms with van der Waals surface area (Å²) in [5.41, 5.74) is 1.59. The molecule has 2 aliphatic rings. The number of thioether (sulfide) groups is 1. The first-order valence-corrected chi connectivity index (χ1v) is 15.4. The maximum Gasteiger partial charge on any atom is 0.308 e. The number of ether oxygens (including phenoxy) is 1. The minimum atomic E-state index is -0.814. The van der Waals surface area contributed by atoms with Gasteiger partial charge in [-0.3, -0.25) is 23.7 Å². The highest BCUT2D eigenvalue weighted by Crippen LogP contribution is 2.54. The number of imide groups is 1. The lowest BCUT2D eigenvalue weighted by Gasteiger charge is -2.30. The predicted octanol–water partition coefficient (Wildman–Crippen LogP) is 6.31. The molecular formula is C29H20Cl3N3O5S2. The van der Waals surface area contributed by atoms with Crippen molar-refractivity contribution >= 4 is 87.0 Å². The molecule has 3 aromatic carbocycles. The number of anilines is 2. The third-order valence-corrected chi connectivity index (χ3v) is 10.7. The first-order chi connectivity index (χ1) is 20.2. The minimum absolute atomic E-state index is 0.276. The molecule has 1 saturated heterocycles. The Kier molecular flexibility index (Phi) is 7.84. The van der Waals surface area contributed by atoms with Crippen molar-refractivity contribution in [2.24, 2.45) is 5.92 Å². The Balaban J connectivity index is 1.40. The van der Waals surface area contributed by atoms with Gasteiger partial charge in [0, 0.05) is 21.5 Å². The predicted molar refractivity (Wildman–Crippen MR) is 166 cm³/mol. The molecule has 1 N–H and O–H groups in total. The molecule has 42 heavy (non-hydrogen) atoms. The van der Waals surface area contributed by atoms with Crippen LogP contribution >= 0.6 is 57.9 Å². The number of halogens is 3. The molecule has 3 amide bonds. The molecule has 3 heterocycles. The molecule has 3 atom stereocenters. The van der Waals surface area contributed by atoms with E-state index >= 15 is 0 Å². The number of amides is 3. The van der Waals surface area contributed by atoms with Crippen molar-refractivity contribution in [2.75, 3.05) is 17.3 Å². The van der Waals surface area contributed by atoms with Gasteiger partial charge in [-0.05, 0) is 60.2 Å². The second-order valence-electron chi connectivity index (χ2n) is 9.60. The standard InChI is InChI=1S/C29H20Cl3N3O5S2/c1-40-18-9-2-14(3-10-18)22-23-24(27(38)35(26(23)37)17-7-4-15(30)5-8-17)41-28-25(22)42-29(39)34(28)13-21(36)33-16-6-11-19(31)20(32)12-16/h2-12,22-24H,13H2,1H3,(H,33,36)/t22-,23-,24+/m0/s1. The molecule has 0 spiro atoms. The lowest BCUT2D eigenvalue weighted by molar-refractivity contribution is -0.122. The molecule has 0 aliphatic carbocycles. The molecule has 1 fully saturated rings. The van der Waals surface area contributed by atoms with E-state index in [1.165, 1.54) is 15.5 Å². The smallest absolute Gasteiger partial charge is 0.308 e. The Hall–Kier alpha value is -3.28. The third-order valence-electron chi connectivity index (χ3n) is 7.11. The molecule has 0 unspecified atom stereocenters. The number of nitrogens with one attached hydrogen (secondary N) is 1. The summed E-state index contributed by atoms with van der Waals surface area (Å²) in [6.07, 6.45) is 0. The van der Waals surface area contributed by atoms with Gasteiger partial charge < -0.3 is 10.1 Å². The van der Waals surface area contributed by atoms with Crippen LogP contribution in [0, 0.1) is 5.92 Å². The zero-order valence-corrected chi connectivity index (χ0v) is 25.6. The van der Waals surface area contributed by atoms with Crippen molar-refractivity contribution in [3.8, 4) is 5.75 Å². The molecule has 13 heteroatoms. The van der Waals surface area contributed by atoms with E-state index in [0.29, 0.717) is 37.1 Å². The summed E-state index contributed by atoms with van der Waals surface area (Å²) in [6.45, 7) is -0.298. The van der Waals surface area contributed by atoms with E-state index in [1.54, 1.807) is 55.6 Å². The highest BCUT2D eigenvalue weighted by molar-refractivity contribution is 8.00. The van der Waals surface area contributed by atoms with Crippen molar-refractivity contribution in [2.45, 2.75) is 22.7 Å². The molecule has 0 bridgehead atoms. The van der Waals surface area contributed by atoms with Gasteiger partial charge in [0.2, 0.25) is 17.7 Å². The van der Waals surface area contributed by atoms with Gasteiger partial charge in [0.05, 0.1) is 33.8 Å². The maximum absolute atomic E-state index is 13.9. The molecule has 0 saturated carbocycles. The topological polar surface area (TPSA) is 97.7 Å². The van der Waals surface area contributed by atoms with Gasteiger partial charge >= 0.3 is 4.87 Å². The van der Waals surface area contributed by atoms with E-state index in [2.05, 4.69) is 5.32 Å². The van der Waals surface area contributed by atoms with Gasteiger partial charge in [-0.2, -0.15) is 0 Å². The number of thiazole rings is 1. The molecule has 4 aromatic rings. The van der Waals surface area contributed by atoms with E-state index in [1.807, 2.05) is 12.1 Å². The first-order valence-electron chi connectivity index (χ1n) is 12.6. The monoisotopic (exact) mass is 659 g/mol. The van der Waals surface area contributed by atoms with Crippen LogP contribution < -0.4 is 19.8 Å².